The molecule has 9 heteroatoms. The summed E-state index contributed by atoms with van der Waals surface area (Å²) in [5.74, 6) is -0.785. The molecular weight excluding hydrogens is 408 g/mol. The first-order chi connectivity index (χ1) is 15.0. The van der Waals surface area contributed by atoms with Crippen LogP contribution in [0.4, 0.5) is 0 Å². The van der Waals surface area contributed by atoms with Gasteiger partial charge in [-0.2, -0.15) is 0 Å². The van der Waals surface area contributed by atoms with Gasteiger partial charge in [0.2, 0.25) is 0 Å². The molecule has 5 fully saturated rings. The summed E-state index contributed by atoms with van der Waals surface area (Å²) < 4.78 is 41.9. The maximum Gasteiger partial charge on any atom is 0.302 e. The summed E-state index contributed by atoms with van der Waals surface area (Å²) in [4.78, 5) is 22.9. The first kappa shape index (κ1) is 21.6. The van der Waals surface area contributed by atoms with Crippen LogP contribution < -0.4 is 0 Å². The summed E-state index contributed by atoms with van der Waals surface area (Å²) in [5, 5.41) is 0. The van der Waals surface area contributed by atoms with Gasteiger partial charge < -0.3 is 33.2 Å². The zero-order valence-electron chi connectivity index (χ0n) is 18.1. The molecule has 0 unspecified atom stereocenters. The normalized spacial score (nSPS) is 46.5. The minimum absolute atomic E-state index is 0.00924. The van der Waals surface area contributed by atoms with Crippen LogP contribution in [0.2, 0.25) is 0 Å². The molecule has 0 aromatic heterocycles. The molecule has 5 saturated heterocycles. The molecule has 5 heterocycles. The minimum atomic E-state index is -0.516. The highest BCUT2D eigenvalue weighted by atomic mass is 16.6. The maximum atomic E-state index is 11.6. The molecule has 0 aromatic rings. The fraction of sp³-hybridized carbons (Fsp3) is 0.909. The van der Waals surface area contributed by atoms with Gasteiger partial charge in [-0.25, -0.2) is 0 Å². The van der Waals surface area contributed by atoms with Crippen LogP contribution in [-0.4, -0.2) is 86.2 Å². The predicted octanol–water partition coefficient (Wildman–Crippen LogP) is 1.29. The van der Waals surface area contributed by atoms with Crippen LogP contribution in [0, 0.1) is 0 Å². The third kappa shape index (κ3) is 4.61. The standard InChI is InChI=1S/C22H32O9/c1-11(23)26-10-22-21(27-12(2)24)9-19-20(31-22)8-18-17(30-19)7-16-15(29-18)6-14-13(28-16)4-3-5-25-14/h13-22H,3-10H2,1-2H3/t13-,14+,15-,16+,17-,18+,19+,20-,21-,22+/m0/s1. The smallest absolute Gasteiger partial charge is 0.302 e. The molecule has 0 spiro atoms. The van der Waals surface area contributed by atoms with Crippen molar-refractivity contribution in [3.05, 3.63) is 0 Å². The zero-order chi connectivity index (χ0) is 21.5. The van der Waals surface area contributed by atoms with Crippen molar-refractivity contribution >= 4 is 11.9 Å². The molecule has 31 heavy (non-hydrogen) atoms. The number of hydrogen-bond donors (Lipinski definition) is 0. The molecule has 5 aliphatic heterocycles. The molecule has 9 nitrogen and oxygen atoms in total. The number of carbonyl (C=O) groups excluding carboxylic acids is 2. The predicted molar refractivity (Wildman–Crippen MR) is 104 cm³/mol. The van der Waals surface area contributed by atoms with Gasteiger partial charge in [-0.1, -0.05) is 0 Å². The number of fused-ring (bicyclic) bond motifs is 4. The lowest BCUT2D eigenvalue weighted by molar-refractivity contribution is -0.309. The van der Waals surface area contributed by atoms with Crippen molar-refractivity contribution in [2.24, 2.45) is 0 Å². The van der Waals surface area contributed by atoms with Crippen molar-refractivity contribution in [1.29, 1.82) is 0 Å². The number of rotatable bonds is 3. The fourth-order valence-electron chi connectivity index (χ4n) is 5.69. The van der Waals surface area contributed by atoms with E-state index in [0.29, 0.717) is 12.8 Å². The molecule has 174 valence electrons. The van der Waals surface area contributed by atoms with Gasteiger partial charge in [0, 0.05) is 46.1 Å². The van der Waals surface area contributed by atoms with E-state index in [2.05, 4.69) is 0 Å². The van der Waals surface area contributed by atoms with Gasteiger partial charge in [-0.05, 0) is 12.8 Å². The van der Waals surface area contributed by atoms with Crippen molar-refractivity contribution < 1.29 is 42.7 Å². The Morgan fingerprint density at radius 2 is 1.32 bits per heavy atom. The van der Waals surface area contributed by atoms with E-state index in [9.17, 15) is 9.59 Å². The van der Waals surface area contributed by atoms with E-state index in [1.165, 1.54) is 13.8 Å². The topological polar surface area (TPSA) is 98.8 Å². The van der Waals surface area contributed by atoms with Crippen LogP contribution in [-0.2, 0) is 42.7 Å². The number of hydrogen-bond acceptors (Lipinski definition) is 9. The first-order valence-corrected chi connectivity index (χ1v) is 11.5. The Kier molecular flexibility index (Phi) is 6.22. The third-order valence-electron chi connectivity index (χ3n) is 7.06. The molecule has 10 atom stereocenters. The molecule has 0 bridgehead atoms. The lowest BCUT2D eigenvalue weighted by Gasteiger charge is -2.53. The lowest BCUT2D eigenvalue weighted by atomic mass is 9.83. The summed E-state index contributed by atoms with van der Waals surface area (Å²) in [5.41, 5.74) is 0. The van der Waals surface area contributed by atoms with Crippen LogP contribution in [0.25, 0.3) is 0 Å². The summed E-state index contributed by atoms with van der Waals surface area (Å²) in [6, 6.07) is 0. The summed E-state index contributed by atoms with van der Waals surface area (Å²) >= 11 is 0. The Morgan fingerprint density at radius 3 is 1.97 bits per heavy atom. The average molecular weight is 440 g/mol. The van der Waals surface area contributed by atoms with Crippen molar-refractivity contribution in [1.82, 2.24) is 0 Å². The third-order valence-corrected chi connectivity index (χ3v) is 7.06. The summed E-state index contributed by atoms with van der Waals surface area (Å²) in [7, 11) is 0. The van der Waals surface area contributed by atoms with Gasteiger partial charge in [0.05, 0.1) is 48.8 Å². The molecule has 5 aliphatic rings. The summed E-state index contributed by atoms with van der Waals surface area (Å²) in [6.45, 7) is 3.55. The van der Waals surface area contributed by atoms with E-state index in [-0.39, 0.29) is 55.4 Å². The molecule has 0 saturated carbocycles. The van der Waals surface area contributed by atoms with E-state index in [4.69, 9.17) is 33.2 Å². The molecule has 0 radical (unpaired) electrons. The highest BCUT2D eigenvalue weighted by Gasteiger charge is 2.53. The Morgan fingerprint density at radius 1 is 0.742 bits per heavy atom. The molecule has 0 aliphatic carbocycles. The Bertz CT molecular complexity index is 684. The zero-order valence-corrected chi connectivity index (χ0v) is 18.1. The van der Waals surface area contributed by atoms with Gasteiger partial charge in [0.25, 0.3) is 0 Å². The second-order valence-electron chi connectivity index (χ2n) is 9.30. The van der Waals surface area contributed by atoms with E-state index in [1.54, 1.807) is 0 Å². The van der Waals surface area contributed by atoms with Crippen LogP contribution in [0.3, 0.4) is 0 Å². The van der Waals surface area contributed by atoms with Gasteiger partial charge in [-0.3, -0.25) is 9.59 Å². The summed E-state index contributed by atoms with van der Waals surface area (Å²) in [6.07, 6.45) is 3.64. The largest absolute Gasteiger partial charge is 0.463 e. The van der Waals surface area contributed by atoms with Crippen LogP contribution in [0.15, 0.2) is 0 Å². The fourth-order valence-corrected chi connectivity index (χ4v) is 5.69. The molecular formula is C22H32O9. The number of carbonyl (C=O) groups is 2. The van der Waals surface area contributed by atoms with Crippen molar-refractivity contribution in [2.45, 2.75) is 113 Å². The van der Waals surface area contributed by atoms with Crippen LogP contribution in [0.5, 0.6) is 0 Å². The Hall–Kier alpha value is -1.26. The maximum absolute atomic E-state index is 11.6. The van der Waals surface area contributed by atoms with Crippen molar-refractivity contribution in [3.63, 3.8) is 0 Å². The van der Waals surface area contributed by atoms with E-state index in [0.717, 1.165) is 32.3 Å². The van der Waals surface area contributed by atoms with Gasteiger partial charge in [0.15, 0.2) is 0 Å². The van der Waals surface area contributed by atoms with Gasteiger partial charge in [0.1, 0.15) is 18.8 Å². The highest BCUT2D eigenvalue weighted by molar-refractivity contribution is 5.66. The van der Waals surface area contributed by atoms with E-state index >= 15 is 0 Å². The molecule has 5 rings (SSSR count). The second-order valence-corrected chi connectivity index (χ2v) is 9.30. The first-order valence-electron chi connectivity index (χ1n) is 11.5. The number of ether oxygens (including phenoxy) is 7. The SMILES string of the molecule is CC(=O)OC[C@H]1O[C@H]2C[C@H]3O[C@H]4C[C@H]5OCCC[C@@H]5O[C@@H]4C[C@@H]3O[C@@H]2C[C@@H]1OC(C)=O. The Labute approximate surface area is 181 Å². The minimum Gasteiger partial charge on any atom is -0.463 e. The van der Waals surface area contributed by atoms with Crippen molar-refractivity contribution in [2.75, 3.05) is 13.2 Å². The highest BCUT2D eigenvalue weighted by Crippen LogP contribution is 2.42. The Balaban J connectivity index is 1.24. The van der Waals surface area contributed by atoms with E-state index in [1.807, 2.05) is 0 Å². The number of esters is 2. The second kappa shape index (κ2) is 8.94. The van der Waals surface area contributed by atoms with Crippen LogP contribution in [0.1, 0.15) is 52.4 Å². The molecule has 0 N–H and O–H groups in total. The average Bonchev–Trinajstić information content (AvgIpc) is 2.73. The molecule has 0 amide bonds. The monoisotopic (exact) mass is 440 g/mol. The molecule has 0 aromatic carbocycles. The van der Waals surface area contributed by atoms with Gasteiger partial charge in [-0.15, -0.1) is 0 Å². The quantitative estimate of drug-likeness (QED) is 0.601. The van der Waals surface area contributed by atoms with Crippen molar-refractivity contribution in [3.8, 4) is 0 Å². The van der Waals surface area contributed by atoms with Gasteiger partial charge >= 0.3 is 11.9 Å². The van der Waals surface area contributed by atoms with Crippen LogP contribution >= 0.6 is 0 Å². The van der Waals surface area contributed by atoms with E-state index < -0.39 is 24.1 Å². The lowest BCUT2D eigenvalue weighted by Crippen LogP contribution is -2.63.